The van der Waals surface area contributed by atoms with Gasteiger partial charge in [-0.2, -0.15) is 0 Å². The lowest BCUT2D eigenvalue weighted by molar-refractivity contribution is 0.326. The molecular weight excluding hydrogens is 422 g/mol. The van der Waals surface area contributed by atoms with Crippen molar-refractivity contribution in [1.29, 1.82) is 0 Å². The van der Waals surface area contributed by atoms with Gasteiger partial charge in [0.05, 0.1) is 5.69 Å². The fourth-order valence-electron chi connectivity index (χ4n) is 6.02. The highest BCUT2D eigenvalue weighted by Crippen LogP contribution is 2.48. The molecular formula is C34H35N. The van der Waals surface area contributed by atoms with Crippen LogP contribution in [0.25, 0.3) is 22.4 Å². The maximum Gasteiger partial charge on any atom is 0.0708 e. The van der Waals surface area contributed by atoms with Gasteiger partial charge in [0.1, 0.15) is 0 Å². The van der Waals surface area contributed by atoms with E-state index >= 15 is 0 Å². The van der Waals surface area contributed by atoms with E-state index in [-0.39, 0.29) is 5.41 Å². The monoisotopic (exact) mass is 462 g/mol. The Labute approximate surface area is 217 Å². The molecule has 0 aliphatic heterocycles. The topological polar surface area (TPSA) is 12.9 Å². The summed E-state index contributed by atoms with van der Waals surface area (Å²) in [7, 11) is 0. The first-order valence-electron chi connectivity index (χ1n) is 15.1. The van der Waals surface area contributed by atoms with Crippen LogP contribution in [0.3, 0.4) is 0 Å². The summed E-state index contributed by atoms with van der Waals surface area (Å²) in [6, 6.07) is 24.3. The molecule has 3 aromatic carbocycles. The average molecular weight is 463 g/mol. The number of rotatable bonds is 3. The number of fused-ring (bicyclic) bond motifs is 2. The first-order valence-corrected chi connectivity index (χ1v) is 12.6. The molecule has 0 atom stereocenters. The van der Waals surface area contributed by atoms with Gasteiger partial charge in [-0.15, -0.1) is 0 Å². The lowest BCUT2D eigenvalue weighted by atomic mass is 9.82. The lowest BCUT2D eigenvalue weighted by Crippen LogP contribution is -2.21. The van der Waals surface area contributed by atoms with E-state index in [4.69, 9.17) is 6.85 Å². The van der Waals surface area contributed by atoms with E-state index in [1.54, 1.807) is 30.5 Å². The van der Waals surface area contributed by atoms with Crippen molar-refractivity contribution < 1.29 is 6.85 Å². The maximum atomic E-state index is 9.10. The molecule has 0 N–H and O–H groups in total. The largest absolute Gasteiger partial charge is 0.256 e. The molecule has 0 fully saturated rings. The predicted octanol–water partition coefficient (Wildman–Crippen LogP) is 8.20. The summed E-state index contributed by atoms with van der Waals surface area (Å²) in [6.45, 7) is 3.60. The summed E-state index contributed by atoms with van der Waals surface area (Å²) in [5.41, 5.74) is 9.50. The van der Waals surface area contributed by atoms with Gasteiger partial charge in [0.25, 0.3) is 0 Å². The van der Waals surface area contributed by atoms with Crippen LogP contribution < -0.4 is 0 Å². The molecule has 1 heteroatoms. The van der Waals surface area contributed by atoms with Crippen LogP contribution in [-0.4, -0.2) is 4.98 Å². The molecule has 2 aliphatic rings. The van der Waals surface area contributed by atoms with Gasteiger partial charge in [0.15, 0.2) is 0 Å². The molecule has 1 spiro atoms. The Morgan fingerprint density at radius 3 is 2.09 bits per heavy atom. The van der Waals surface area contributed by atoms with Crippen LogP contribution in [0.5, 0.6) is 0 Å². The van der Waals surface area contributed by atoms with Crippen molar-refractivity contribution in [2.45, 2.75) is 59.7 Å². The molecule has 1 heterocycles. The number of benzene rings is 3. The predicted molar refractivity (Wildman–Crippen MR) is 147 cm³/mol. The smallest absolute Gasteiger partial charge is 0.0708 e. The second-order valence-electron chi connectivity index (χ2n) is 11.5. The third-order valence-corrected chi connectivity index (χ3v) is 7.49. The Bertz CT molecular complexity index is 1570. The Morgan fingerprint density at radius 2 is 1.43 bits per heavy atom. The highest BCUT2D eigenvalue weighted by molar-refractivity contribution is 5.74. The minimum Gasteiger partial charge on any atom is -0.256 e. The van der Waals surface area contributed by atoms with Crippen LogP contribution >= 0.6 is 0 Å². The molecule has 1 aromatic heterocycles. The van der Waals surface area contributed by atoms with Crippen LogP contribution in [-0.2, 0) is 32.1 Å². The Kier molecular flexibility index (Phi) is 4.04. The lowest BCUT2D eigenvalue weighted by Gasteiger charge is -2.22. The first kappa shape index (κ1) is 17.3. The fraction of sp³-hybridized carbons (Fsp3) is 0.324. The molecule has 6 rings (SSSR count). The van der Waals surface area contributed by atoms with Gasteiger partial charge >= 0.3 is 0 Å². The number of nitrogens with zero attached hydrogens (tertiary/aromatic N) is 1. The zero-order chi connectivity index (χ0) is 28.5. The zero-order valence-electron chi connectivity index (χ0n) is 25.8. The highest BCUT2D eigenvalue weighted by Gasteiger charge is 2.41. The Hall–Kier alpha value is -3.19. The molecule has 0 radical (unpaired) electrons. The minimum atomic E-state index is -2.16. The third kappa shape index (κ3) is 4.33. The molecule has 2 aliphatic carbocycles. The van der Waals surface area contributed by atoms with E-state index < -0.39 is 18.6 Å². The van der Waals surface area contributed by atoms with Crippen molar-refractivity contribution in [3.05, 3.63) is 112 Å². The van der Waals surface area contributed by atoms with E-state index in [1.165, 1.54) is 22.3 Å². The second-order valence-corrected chi connectivity index (χ2v) is 11.5. The molecule has 0 saturated heterocycles. The molecule has 0 amide bonds. The summed E-state index contributed by atoms with van der Waals surface area (Å²) in [5.74, 6) is 0. The van der Waals surface area contributed by atoms with Gasteiger partial charge in [-0.1, -0.05) is 93.1 Å². The average Bonchev–Trinajstić information content (AvgIpc) is 3.44. The molecule has 0 saturated carbocycles. The van der Waals surface area contributed by atoms with Gasteiger partial charge in [0.2, 0.25) is 0 Å². The number of hydrogen-bond donors (Lipinski definition) is 0. The van der Waals surface area contributed by atoms with Crippen molar-refractivity contribution in [3.8, 4) is 22.4 Å². The van der Waals surface area contributed by atoms with E-state index in [2.05, 4.69) is 47.4 Å². The van der Waals surface area contributed by atoms with Crippen LogP contribution in [0.2, 0.25) is 0 Å². The SMILES string of the molecule is [2H]C([2H])([2H])c1ccc(-c2cc(-c3ccc4c(c3)CC3(Cc5ccccc5C3)C4)c(C([2H])([2H])C(C)(C)C)cn2)cc1. The number of aromatic nitrogens is 1. The maximum absolute atomic E-state index is 9.10. The van der Waals surface area contributed by atoms with Gasteiger partial charge < -0.3 is 0 Å². The highest BCUT2D eigenvalue weighted by atomic mass is 14.7. The molecule has 0 bridgehead atoms. The summed E-state index contributed by atoms with van der Waals surface area (Å²) >= 11 is 0. The molecule has 1 nitrogen and oxygen atoms in total. The number of pyridine rings is 1. The molecule has 4 aromatic rings. The van der Waals surface area contributed by atoms with Crippen molar-refractivity contribution in [2.75, 3.05) is 0 Å². The fourth-order valence-corrected chi connectivity index (χ4v) is 6.02. The first-order chi connectivity index (χ1) is 18.8. The minimum absolute atomic E-state index is 0.238. The van der Waals surface area contributed by atoms with Crippen LogP contribution in [0, 0.1) is 17.7 Å². The number of hydrogen-bond acceptors (Lipinski definition) is 1. The van der Waals surface area contributed by atoms with E-state index in [1.807, 2.05) is 26.8 Å². The Morgan fingerprint density at radius 1 is 0.800 bits per heavy atom. The van der Waals surface area contributed by atoms with Crippen LogP contribution in [0.15, 0.2) is 79.0 Å². The van der Waals surface area contributed by atoms with Gasteiger partial charge in [-0.25, -0.2) is 0 Å². The summed E-state index contributed by atoms with van der Waals surface area (Å²) in [6.07, 6.45) is 4.38. The van der Waals surface area contributed by atoms with Crippen molar-refractivity contribution in [2.24, 2.45) is 10.8 Å². The number of aryl methyl sites for hydroxylation is 1. The van der Waals surface area contributed by atoms with Gasteiger partial charge in [-0.3, -0.25) is 4.98 Å². The van der Waals surface area contributed by atoms with Crippen LogP contribution in [0.4, 0.5) is 0 Å². The van der Waals surface area contributed by atoms with E-state index in [0.29, 0.717) is 16.8 Å². The van der Waals surface area contributed by atoms with Crippen molar-refractivity contribution in [1.82, 2.24) is 4.98 Å². The van der Waals surface area contributed by atoms with Gasteiger partial charge in [0, 0.05) is 18.6 Å². The van der Waals surface area contributed by atoms with Crippen molar-refractivity contribution >= 4 is 0 Å². The Balaban J connectivity index is 1.41. The van der Waals surface area contributed by atoms with Crippen molar-refractivity contribution in [3.63, 3.8) is 0 Å². The molecule has 35 heavy (non-hydrogen) atoms. The quantitative estimate of drug-likeness (QED) is 0.299. The zero-order valence-corrected chi connectivity index (χ0v) is 20.8. The summed E-state index contributed by atoms with van der Waals surface area (Å²) < 4.78 is 41.3. The van der Waals surface area contributed by atoms with E-state index in [0.717, 1.165) is 42.4 Å². The van der Waals surface area contributed by atoms with Gasteiger partial charge in [-0.05, 0) is 94.7 Å². The summed E-state index contributed by atoms with van der Waals surface area (Å²) in [4.78, 5) is 4.68. The standard InChI is InChI=1S/C34H35N/c1-23-9-11-24(12-10-23)32-16-31(30(22-35-32)17-33(2,3)4)25-13-14-28-20-34(21-29(28)15-25)18-26-7-5-6-8-27(26)19-34/h5-16,22H,17-21H2,1-4H3/i1D3,17D2. The summed E-state index contributed by atoms with van der Waals surface area (Å²) in [5, 5.41) is 0. The van der Waals surface area contributed by atoms with Crippen LogP contribution in [0.1, 0.15) is 61.0 Å². The van der Waals surface area contributed by atoms with E-state index in [9.17, 15) is 0 Å². The molecule has 0 unspecified atom stereocenters. The normalized spacial score (nSPS) is 18.8. The third-order valence-electron chi connectivity index (χ3n) is 7.49. The molecule has 176 valence electrons. The second kappa shape index (κ2) is 8.19.